The van der Waals surface area contributed by atoms with Crippen LogP contribution in [0.15, 0.2) is 24.5 Å². The molecule has 2 fully saturated rings. The molecule has 0 saturated carbocycles. The molecule has 2 saturated heterocycles. The maximum Gasteiger partial charge on any atom is 0.228 e. The van der Waals surface area contributed by atoms with E-state index < -0.39 is 17.5 Å². The zero-order valence-electron chi connectivity index (χ0n) is 20.7. The quantitative estimate of drug-likeness (QED) is 0.483. The molecule has 2 aliphatic rings. The second-order valence-electron chi connectivity index (χ2n) is 9.24. The van der Waals surface area contributed by atoms with Crippen LogP contribution in [-0.4, -0.2) is 63.4 Å². The number of hydrogen-bond donors (Lipinski definition) is 1. The summed E-state index contributed by atoms with van der Waals surface area (Å²) in [6.45, 7) is 7.12. The largest absolute Gasteiger partial charge is 0.381 e. The number of nitrogens with zero attached hydrogens (tertiary/aromatic N) is 5. The van der Waals surface area contributed by atoms with E-state index in [1.54, 1.807) is 6.20 Å². The monoisotopic (exact) mass is 538 g/mol. The molecule has 0 amide bonds. The number of rotatable bonds is 6. The van der Waals surface area contributed by atoms with E-state index in [4.69, 9.17) is 9.47 Å². The van der Waals surface area contributed by atoms with Crippen molar-refractivity contribution in [1.82, 2.24) is 24.4 Å². The summed E-state index contributed by atoms with van der Waals surface area (Å²) in [6, 6.07) is 2.48. The summed E-state index contributed by atoms with van der Waals surface area (Å²) in [5.74, 6) is -1.13. The van der Waals surface area contributed by atoms with Gasteiger partial charge in [-0.3, -0.25) is 4.90 Å². The fraction of sp³-hybridized carbons (Fsp3) is 0.480. The second-order valence-corrected chi connectivity index (χ2v) is 9.24. The Kier molecular flexibility index (Phi) is 8.68. The van der Waals surface area contributed by atoms with Crippen LogP contribution in [0.3, 0.4) is 0 Å². The molecule has 4 heterocycles. The summed E-state index contributed by atoms with van der Waals surface area (Å²) < 4.78 is 57.5. The molecule has 0 bridgehead atoms. The lowest BCUT2D eigenvalue weighted by Crippen LogP contribution is -2.43. The molecule has 3 aromatic rings. The Balaban J connectivity index is 0.00000320. The van der Waals surface area contributed by atoms with Crippen molar-refractivity contribution in [3.05, 3.63) is 53.4 Å². The zero-order valence-corrected chi connectivity index (χ0v) is 21.5. The van der Waals surface area contributed by atoms with E-state index in [1.807, 2.05) is 23.3 Å². The van der Waals surface area contributed by atoms with E-state index in [1.165, 1.54) is 6.07 Å². The molecule has 12 heteroatoms. The van der Waals surface area contributed by atoms with Crippen LogP contribution in [0.2, 0.25) is 0 Å². The predicted molar refractivity (Wildman–Crippen MR) is 135 cm³/mol. The summed E-state index contributed by atoms with van der Waals surface area (Å²) in [5.41, 5.74) is 0.670. The van der Waals surface area contributed by atoms with Crippen molar-refractivity contribution in [2.45, 2.75) is 45.3 Å². The average Bonchev–Trinajstić information content (AvgIpc) is 3.26. The highest BCUT2D eigenvalue weighted by Gasteiger charge is 2.24. The Bertz CT molecular complexity index is 1240. The smallest absolute Gasteiger partial charge is 0.228 e. The fourth-order valence-corrected chi connectivity index (χ4v) is 4.78. The minimum absolute atomic E-state index is 0. The van der Waals surface area contributed by atoms with Gasteiger partial charge in [-0.15, -0.1) is 12.4 Å². The number of benzene rings is 1. The number of ether oxygens (including phenoxy) is 2. The van der Waals surface area contributed by atoms with Crippen LogP contribution in [-0.2, 0) is 16.0 Å². The van der Waals surface area contributed by atoms with E-state index in [9.17, 15) is 13.2 Å². The summed E-state index contributed by atoms with van der Waals surface area (Å²) in [4.78, 5) is 14.7. The van der Waals surface area contributed by atoms with Crippen molar-refractivity contribution >= 4 is 24.0 Å². The molecule has 1 N–H and O–H groups in total. The Morgan fingerprint density at radius 3 is 2.54 bits per heavy atom. The molecule has 1 aromatic carbocycles. The lowest BCUT2D eigenvalue weighted by atomic mass is 10.1. The van der Waals surface area contributed by atoms with Crippen molar-refractivity contribution < 1.29 is 22.6 Å². The Morgan fingerprint density at radius 2 is 1.78 bits per heavy atom. The van der Waals surface area contributed by atoms with Crippen LogP contribution in [0.1, 0.15) is 37.2 Å². The van der Waals surface area contributed by atoms with E-state index >= 15 is 0 Å². The summed E-state index contributed by atoms with van der Waals surface area (Å²) in [5, 5.41) is 2.71. The van der Waals surface area contributed by atoms with Gasteiger partial charge in [0.15, 0.2) is 5.82 Å². The lowest BCUT2D eigenvalue weighted by Gasteiger charge is -2.33. The van der Waals surface area contributed by atoms with Crippen LogP contribution in [0.25, 0.3) is 11.4 Å². The first-order chi connectivity index (χ1) is 17.4. The number of hydrogen-bond acceptors (Lipinski definition) is 7. The molecule has 200 valence electrons. The highest BCUT2D eigenvalue weighted by Crippen LogP contribution is 2.31. The first kappa shape index (κ1) is 27.3. The number of anilines is 2. The van der Waals surface area contributed by atoms with Crippen molar-refractivity contribution in [3.8, 4) is 11.4 Å². The lowest BCUT2D eigenvalue weighted by molar-refractivity contribution is -0.00483. The molecule has 2 aliphatic heterocycles. The molecular weight excluding hydrogens is 509 g/mol. The van der Waals surface area contributed by atoms with Crippen molar-refractivity contribution in [2.75, 3.05) is 38.3 Å². The Labute approximate surface area is 219 Å². The third kappa shape index (κ3) is 5.90. The minimum Gasteiger partial charge on any atom is -0.381 e. The minimum atomic E-state index is -0.648. The van der Waals surface area contributed by atoms with Gasteiger partial charge in [0.1, 0.15) is 23.2 Å². The van der Waals surface area contributed by atoms with Crippen LogP contribution in [0.5, 0.6) is 0 Å². The SMILES string of the molecule is Cc1ncc(-c2nc(Nc3cc(F)c(CN4CCOCC4C)cc3F)ncc2F)n1C1CCOCC1.Cl. The molecule has 0 spiro atoms. The van der Waals surface area contributed by atoms with E-state index in [2.05, 4.69) is 20.3 Å². The number of nitrogens with one attached hydrogen (secondary N) is 1. The predicted octanol–water partition coefficient (Wildman–Crippen LogP) is 4.80. The molecular formula is C25H30ClF3N6O2. The van der Waals surface area contributed by atoms with Gasteiger partial charge in [-0.1, -0.05) is 0 Å². The maximum atomic E-state index is 15.0. The van der Waals surface area contributed by atoms with Gasteiger partial charge in [0, 0.05) is 50.0 Å². The van der Waals surface area contributed by atoms with Gasteiger partial charge in [-0.25, -0.2) is 28.1 Å². The Morgan fingerprint density at radius 1 is 1.00 bits per heavy atom. The van der Waals surface area contributed by atoms with Crippen molar-refractivity contribution in [2.24, 2.45) is 0 Å². The van der Waals surface area contributed by atoms with Crippen LogP contribution >= 0.6 is 12.4 Å². The molecule has 0 radical (unpaired) electrons. The third-order valence-electron chi connectivity index (χ3n) is 6.79. The highest BCUT2D eigenvalue weighted by atomic mass is 35.5. The van der Waals surface area contributed by atoms with Crippen LogP contribution in [0.4, 0.5) is 24.8 Å². The van der Waals surface area contributed by atoms with E-state index in [-0.39, 0.29) is 53.9 Å². The first-order valence-electron chi connectivity index (χ1n) is 12.1. The van der Waals surface area contributed by atoms with Crippen LogP contribution < -0.4 is 5.32 Å². The molecule has 8 nitrogen and oxygen atoms in total. The van der Waals surface area contributed by atoms with Gasteiger partial charge >= 0.3 is 0 Å². The number of aryl methyl sites for hydroxylation is 1. The molecule has 5 rings (SSSR count). The third-order valence-corrected chi connectivity index (χ3v) is 6.79. The topological polar surface area (TPSA) is 77.3 Å². The van der Waals surface area contributed by atoms with Gasteiger partial charge in [0.25, 0.3) is 0 Å². The highest BCUT2D eigenvalue weighted by molar-refractivity contribution is 5.85. The van der Waals surface area contributed by atoms with Gasteiger partial charge in [0.2, 0.25) is 5.95 Å². The number of imidazole rings is 1. The van der Waals surface area contributed by atoms with Crippen LogP contribution in [0, 0.1) is 24.4 Å². The fourth-order valence-electron chi connectivity index (χ4n) is 4.78. The number of aromatic nitrogens is 4. The van der Waals surface area contributed by atoms with Crippen molar-refractivity contribution in [3.63, 3.8) is 0 Å². The Hall–Kier alpha value is -2.73. The normalized spacial score (nSPS) is 19.0. The van der Waals surface area contributed by atoms with Gasteiger partial charge in [0.05, 0.1) is 37.0 Å². The summed E-state index contributed by atoms with van der Waals surface area (Å²) in [7, 11) is 0. The van der Waals surface area contributed by atoms with Gasteiger partial charge in [-0.05, 0) is 32.8 Å². The maximum absolute atomic E-state index is 15.0. The number of halogens is 4. The summed E-state index contributed by atoms with van der Waals surface area (Å²) in [6.07, 6.45) is 4.15. The molecule has 37 heavy (non-hydrogen) atoms. The zero-order chi connectivity index (χ0) is 25.2. The molecule has 1 atom stereocenters. The molecule has 2 aromatic heterocycles. The van der Waals surface area contributed by atoms with Gasteiger partial charge in [-0.2, -0.15) is 0 Å². The molecule has 1 unspecified atom stereocenters. The first-order valence-corrected chi connectivity index (χ1v) is 12.1. The van der Waals surface area contributed by atoms with Gasteiger partial charge < -0.3 is 19.4 Å². The second kappa shape index (κ2) is 11.8. The molecule has 0 aliphatic carbocycles. The standard InChI is InChI=1S/C25H29F3N6O2.ClH/c1-15-14-36-8-5-33(15)13-17-9-20(27)22(10-19(17)26)31-25-30-11-21(28)24(32-25)23-12-29-16(2)34(23)18-3-6-35-7-4-18;/h9-12,15,18H,3-8,13-14H2,1-2H3,(H,30,31,32);1H. The summed E-state index contributed by atoms with van der Waals surface area (Å²) >= 11 is 0. The van der Waals surface area contributed by atoms with E-state index in [0.29, 0.717) is 38.7 Å². The van der Waals surface area contributed by atoms with Crippen molar-refractivity contribution in [1.29, 1.82) is 0 Å². The number of morpholine rings is 1. The average molecular weight is 539 g/mol. The van der Waals surface area contributed by atoms with E-state index in [0.717, 1.165) is 30.9 Å².